The minimum atomic E-state index is -0.970. The SMILES string of the molecule is O=C(O)c1ccc2c(c1)CCN2C(=O)c1ccc(Cl)cn1. The maximum atomic E-state index is 12.4. The minimum Gasteiger partial charge on any atom is -0.478 e. The first-order valence-corrected chi connectivity index (χ1v) is 6.73. The van der Waals surface area contributed by atoms with Crippen LogP contribution in [0.15, 0.2) is 36.5 Å². The van der Waals surface area contributed by atoms with E-state index in [-0.39, 0.29) is 11.5 Å². The minimum absolute atomic E-state index is 0.214. The van der Waals surface area contributed by atoms with Crippen LogP contribution in [-0.4, -0.2) is 28.5 Å². The fraction of sp³-hybridized carbons (Fsp3) is 0.133. The molecule has 6 heteroatoms. The third kappa shape index (κ3) is 2.48. The summed E-state index contributed by atoms with van der Waals surface area (Å²) in [6.45, 7) is 0.515. The van der Waals surface area contributed by atoms with Gasteiger partial charge in [0.25, 0.3) is 5.91 Å². The summed E-state index contributed by atoms with van der Waals surface area (Å²) >= 11 is 5.76. The van der Waals surface area contributed by atoms with Crippen LogP contribution in [0.2, 0.25) is 5.02 Å². The quantitative estimate of drug-likeness (QED) is 0.926. The first kappa shape index (κ1) is 13.6. The van der Waals surface area contributed by atoms with E-state index in [1.807, 2.05) is 0 Å². The van der Waals surface area contributed by atoms with E-state index in [0.29, 0.717) is 23.7 Å². The fourth-order valence-electron chi connectivity index (χ4n) is 2.39. The third-order valence-electron chi connectivity index (χ3n) is 3.41. The van der Waals surface area contributed by atoms with E-state index in [9.17, 15) is 9.59 Å². The van der Waals surface area contributed by atoms with Gasteiger partial charge in [0.15, 0.2) is 0 Å². The maximum absolute atomic E-state index is 12.4. The first-order chi connectivity index (χ1) is 10.1. The molecule has 1 aromatic carbocycles. The van der Waals surface area contributed by atoms with Gasteiger partial charge in [0, 0.05) is 18.4 Å². The molecule has 0 atom stereocenters. The molecule has 0 unspecified atom stereocenters. The molecule has 1 amide bonds. The summed E-state index contributed by atoms with van der Waals surface area (Å²) in [7, 11) is 0. The molecule has 3 rings (SSSR count). The number of halogens is 1. The average molecular weight is 303 g/mol. The van der Waals surface area contributed by atoms with Crippen LogP contribution < -0.4 is 4.90 Å². The molecule has 0 spiro atoms. The Morgan fingerprint density at radius 3 is 2.71 bits per heavy atom. The Balaban J connectivity index is 1.92. The van der Waals surface area contributed by atoms with Gasteiger partial charge < -0.3 is 10.0 Å². The highest BCUT2D eigenvalue weighted by Gasteiger charge is 2.26. The van der Waals surface area contributed by atoms with Gasteiger partial charge in [-0.1, -0.05) is 11.6 Å². The molecule has 1 N–H and O–H groups in total. The maximum Gasteiger partial charge on any atom is 0.335 e. The van der Waals surface area contributed by atoms with Crippen molar-refractivity contribution in [2.75, 3.05) is 11.4 Å². The number of hydrogen-bond acceptors (Lipinski definition) is 3. The number of anilines is 1. The molecule has 1 aliphatic heterocycles. The van der Waals surface area contributed by atoms with Gasteiger partial charge in [-0.25, -0.2) is 9.78 Å². The Kier molecular flexibility index (Phi) is 3.35. The second kappa shape index (κ2) is 5.18. The van der Waals surface area contributed by atoms with Gasteiger partial charge in [-0.15, -0.1) is 0 Å². The molecule has 21 heavy (non-hydrogen) atoms. The van der Waals surface area contributed by atoms with Crippen molar-refractivity contribution in [3.8, 4) is 0 Å². The number of aromatic carboxylic acids is 1. The lowest BCUT2D eigenvalue weighted by atomic mass is 10.1. The normalized spacial score (nSPS) is 13.1. The molecule has 2 aromatic rings. The van der Waals surface area contributed by atoms with E-state index < -0.39 is 5.97 Å². The predicted molar refractivity (Wildman–Crippen MR) is 78.0 cm³/mol. The summed E-state index contributed by atoms with van der Waals surface area (Å²) < 4.78 is 0. The van der Waals surface area contributed by atoms with E-state index in [4.69, 9.17) is 16.7 Å². The van der Waals surface area contributed by atoms with Gasteiger partial charge in [-0.05, 0) is 42.3 Å². The van der Waals surface area contributed by atoms with Crippen LogP contribution in [-0.2, 0) is 6.42 Å². The zero-order chi connectivity index (χ0) is 15.0. The molecule has 1 aliphatic rings. The smallest absolute Gasteiger partial charge is 0.335 e. The highest BCUT2D eigenvalue weighted by Crippen LogP contribution is 2.30. The molecule has 0 radical (unpaired) electrons. The molecule has 2 heterocycles. The van der Waals surface area contributed by atoms with Crippen LogP contribution in [0.25, 0.3) is 0 Å². The van der Waals surface area contributed by atoms with Crippen LogP contribution in [0.5, 0.6) is 0 Å². The molecule has 0 saturated carbocycles. The van der Waals surface area contributed by atoms with Crippen molar-refractivity contribution >= 4 is 29.2 Å². The van der Waals surface area contributed by atoms with E-state index in [1.165, 1.54) is 12.3 Å². The molecule has 1 aromatic heterocycles. The Hall–Kier alpha value is -2.40. The van der Waals surface area contributed by atoms with E-state index in [1.54, 1.807) is 29.2 Å². The number of fused-ring (bicyclic) bond motifs is 1. The van der Waals surface area contributed by atoms with Crippen molar-refractivity contribution in [1.29, 1.82) is 0 Å². The Labute approximate surface area is 125 Å². The van der Waals surface area contributed by atoms with E-state index >= 15 is 0 Å². The molecular formula is C15H11ClN2O3. The van der Waals surface area contributed by atoms with Gasteiger partial charge in [0.05, 0.1) is 10.6 Å². The van der Waals surface area contributed by atoms with Crippen LogP contribution >= 0.6 is 11.6 Å². The number of aromatic nitrogens is 1. The molecule has 5 nitrogen and oxygen atoms in total. The topological polar surface area (TPSA) is 70.5 Å². The average Bonchev–Trinajstić information content (AvgIpc) is 2.90. The standard InChI is InChI=1S/C15H11ClN2O3/c16-11-2-3-12(17-8-11)14(19)18-6-5-9-7-10(15(20)21)1-4-13(9)18/h1-4,7-8H,5-6H2,(H,20,21). The van der Waals surface area contributed by atoms with Crippen LogP contribution in [0.3, 0.4) is 0 Å². The Morgan fingerprint density at radius 2 is 2.05 bits per heavy atom. The number of rotatable bonds is 2. The van der Waals surface area contributed by atoms with Crippen LogP contribution in [0.1, 0.15) is 26.4 Å². The number of amides is 1. The monoisotopic (exact) mass is 302 g/mol. The summed E-state index contributed by atoms with van der Waals surface area (Å²) in [5, 5.41) is 9.46. The second-order valence-corrected chi connectivity index (χ2v) is 5.15. The summed E-state index contributed by atoms with van der Waals surface area (Å²) in [6, 6.07) is 7.97. The lowest BCUT2D eigenvalue weighted by molar-refractivity contribution is 0.0696. The van der Waals surface area contributed by atoms with Crippen molar-refractivity contribution in [2.24, 2.45) is 0 Å². The third-order valence-corrected chi connectivity index (χ3v) is 3.64. The summed E-state index contributed by atoms with van der Waals surface area (Å²) in [5.41, 5.74) is 2.14. The highest BCUT2D eigenvalue weighted by atomic mass is 35.5. The lowest BCUT2D eigenvalue weighted by Crippen LogP contribution is -2.29. The fourth-order valence-corrected chi connectivity index (χ4v) is 2.50. The summed E-state index contributed by atoms with van der Waals surface area (Å²) in [6.07, 6.45) is 2.06. The first-order valence-electron chi connectivity index (χ1n) is 6.36. The summed E-state index contributed by atoms with van der Waals surface area (Å²) in [4.78, 5) is 29.0. The van der Waals surface area contributed by atoms with Gasteiger partial charge in [0.1, 0.15) is 5.69 Å². The van der Waals surface area contributed by atoms with Gasteiger partial charge in [0.2, 0.25) is 0 Å². The number of carboxylic acids is 1. The van der Waals surface area contributed by atoms with Gasteiger partial charge in [-0.2, -0.15) is 0 Å². The van der Waals surface area contributed by atoms with Crippen LogP contribution in [0.4, 0.5) is 5.69 Å². The predicted octanol–water partition coefficient (Wildman–Crippen LogP) is 2.64. The highest BCUT2D eigenvalue weighted by molar-refractivity contribution is 6.30. The van der Waals surface area contributed by atoms with Crippen molar-refractivity contribution in [2.45, 2.75) is 6.42 Å². The Bertz CT molecular complexity index is 728. The van der Waals surface area contributed by atoms with Crippen molar-refractivity contribution in [3.63, 3.8) is 0 Å². The van der Waals surface area contributed by atoms with Crippen molar-refractivity contribution < 1.29 is 14.7 Å². The number of nitrogens with zero attached hydrogens (tertiary/aromatic N) is 2. The molecule has 0 bridgehead atoms. The number of carboxylic acid groups (broad SMARTS) is 1. The molecular weight excluding hydrogens is 292 g/mol. The second-order valence-electron chi connectivity index (χ2n) is 4.72. The van der Waals surface area contributed by atoms with E-state index in [0.717, 1.165) is 11.3 Å². The number of carbonyl (C=O) groups excluding carboxylic acids is 1. The zero-order valence-electron chi connectivity index (χ0n) is 10.9. The lowest BCUT2D eigenvalue weighted by Gasteiger charge is -2.16. The van der Waals surface area contributed by atoms with Crippen molar-refractivity contribution in [3.05, 3.63) is 58.4 Å². The van der Waals surface area contributed by atoms with E-state index in [2.05, 4.69) is 4.98 Å². The number of carbonyl (C=O) groups is 2. The van der Waals surface area contributed by atoms with Crippen molar-refractivity contribution in [1.82, 2.24) is 4.98 Å². The molecule has 0 saturated heterocycles. The van der Waals surface area contributed by atoms with Crippen LogP contribution in [0, 0.1) is 0 Å². The number of hydrogen-bond donors (Lipinski definition) is 1. The molecule has 0 aliphatic carbocycles. The molecule has 0 fully saturated rings. The number of benzene rings is 1. The largest absolute Gasteiger partial charge is 0.478 e. The Morgan fingerprint density at radius 1 is 1.24 bits per heavy atom. The van der Waals surface area contributed by atoms with Gasteiger partial charge >= 0.3 is 5.97 Å². The zero-order valence-corrected chi connectivity index (χ0v) is 11.7. The molecule has 106 valence electrons. The van der Waals surface area contributed by atoms with Gasteiger partial charge in [-0.3, -0.25) is 4.79 Å². The number of pyridine rings is 1. The summed E-state index contributed by atoms with van der Waals surface area (Å²) in [5.74, 6) is -1.18.